The van der Waals surface area contributed by atoms with E-state index in [0.717, 1.165) is 0 Å². The van der Waals surface area contributed by atoms with Crippen LogP contribution in [0.3, 0.4) is 0 Å². The van der Waals surface area contributed by atoms with Gasteiger partial charge in [0.2, 0.25) is 0 Å². The van der Waals surface area contributed by atoms with Crippen molar-refractivity contribution in [3.63, 3.8) is 0 Å². The van der Waals surface area contributed by atoms with Crippen LogP contribution < -0.4 is 5.32 Å². The highest BCUT2D eigenvalue weighted by Crippen LogP contribution is 2.18. The van der Waals surface area contributed by atoms with Gasteiger partial charge in [-0.2, -0.15) is 0 Å². The van der Waals surface area contributed by atoms with E-state index in [-0.39, 0.29) is 5.69 Å². The van der Waals surface area contributed by atoms with E-state index in [0.29, 0.717) is 5.02 Å². The Morgan fingerprint density at radius 2 is 2.00 bits per heavy atom. The number of halogens is 1. The number of aliphatic hydroxyl groups excluding tert-OH is 1. The Kier molecular flexibility index (Phi) is 5.51. The number of rotatable bonds is 4. The molecule has 1 aromatic heterocycles. The fourth-order valence-corrected chi connectivity index (χ4v) is 1.57. The molecule has 1 aromatic rings. The molecule has 0 saturated heterocycles. The highest BCUT2D eigenvalue weighted by Gasteiger charge is 2.31. The lowest BCUT2D eigenvalue weighted by Gasteiger charge is -2.24. The van der Waals surface area contributed by atoms with Gasteiger partial charge in [0, 0.05) is 6.20 Å². The molecule has 0 radical (unpaired) electrons. The summed E-state index contributed by atoms with van der Waals surface area (Å²) in [6.07, 6.45) is -1.44. The van der Waals surface area contributed by atoms with Crippen molar-refractivity contribution in [1.29, 1.82) is 0 Å². The Hall–Kier alpha value is -1.86. The van der Waals surface area contributed by atoms with Gasteiger partial charge < -0.3 is 20.3 Å². The predicted octanol–water partition coefficient (Wildman–Crippen LogP) is 1.75. The van der Waals surface area contributed by atoms with E-state index in [2.05, 4.69) is 10.3 Å². The third-order valence-corrected chi connectivity index (χ3v) is 2.53. The van der Waals surface area contributed by atoms with Gasteiger partial charge in [0.15, 0.2) is 6.10 Å². The van der Waals surface area contributed by atoms with Crippen LogP contribution in [-0.2, 0) is 9.53 Å². The lowest BCUT2D eigenvalue weighted by Crippen LogP contribution is -2.42. The zero-order valence-corrected chi connectivity index (χ0v) is 12.6. The molecule has 0 aliphatic rings. The van der Waals surface area contributed by atoms with Crippen LogP contribution in [-0.4, -0.2) is 39.0 Å². The molecule has 0 unspecified atom stereocenters. The molecule has 0 fully saturated rings. The molecule has 116 valence electrons. The highest BCUT2D eigenvalue weighted by molar-refractivity contribution is 6.30. The Labute approximate surface area is 126 Å². The Bertz CT molecular complexity index is 512. The normalized spacial score (nSPS) is 14.1. The van der Waals surface area contributed by atoms with E-state index in [4.69, 9.17) is 21.4 Å². The number of hydrogen-bond donors (Lipinski definition) is 3. The van der Waals surface area contributed by atoms with Gasteiger partial charge in [-0.05, 0) is 32.9 Å². The van der Waals surface area contributed by atoms with Crippen molar-refractivity contribution < 1.29 is 24.5 Å². The molecular weight excluding hydrogens is 300 g/mol. The van der Waals surface area contributed by atoms with Crippen molar-refractivity contribution in [3.05, 3.63) is 29.0 Å². The van der Waals surface area contributed by atoms with Crippen LogP contribution in [0, 0.1) is 0 Å². The molecule has 2 atom stereocenters. The molecule has 1 amide bonds. The van der Waals surface area contributed by atoms with Gasteiger partial charge in [-0.15, -0.1) is 0 Å². The lowest BCUT2D eigenvalue weighted by atomic mass is 10.1. The second kappa shape index (κ2) is 6.73. The third-order valence-electron chi connectivity index (χ3n) is 2.31. The quantitative estimate of drug-likeness (QED) is 0.780. The van der Waals surface area contributed by atoms with Crippen LogP contribution in [0.5, 0.6) is 0 Å². The number of carboxylic acid groups (broad SMARTS) is 1. The van der Waals surface area contributed by atoms with Crippen molar-refractivity contribution in [2.24, 2.45) is 0 Å². The zero-order valence-electron chi connectivity index (χ0n) is 11.8. The van der Waals surface area contributed by atoms with Gasteiger partial charge in [0.25, 0.3) is 0 Å². The van der Waals surface area contributed by atoms with E-state index >= 15 is 0 Å². The minimum absolute atomic E-state index is 0.153. The summed E-state index contributed by atoms with van der Waals surface area (Å²) in [4.78, 5) is 26.6. The molecular formula is C13H17ClN2O5. The molecule has 21 heavy (non-hydrogen) atoms. The smallest absolute Gasteiger partial charge is 0.408 e. The number of alkyl carbamates (subject to hydrolysis) is 1. The van der Waals surface area contributed by atoms with Gasteiger partial charge in [0.1, 0.15) is 11.6 Å². The second-order valence-electron chi connectivity index (χ2n) is 5.31. The molecule has 1 heterocycles. The first-order valence-electron chi connectivity index (χ1n) is 6.12. The number of pyridine rings is 1. The van der Waals surface area contributed by atoms with Gasteiger partial charge in [-0.25, -0.2) is 9.59 Å². The molecule has 0 bridgehead atoms. The lowest BCUT2D eigenvalue weighted by molar-refractivity contribution is -0.148. The number of hydrogen-bond acceptors (Lipinski definition) is 5. The van der Waals surface area contributed by atoms with Gasteiger partial charge in [-0.1, -0.05) is 11.6 Å². The van der Waals surface area contributed by atoms with Crippen LogP contribution in [0.2, 0.25) is 5.02 Å². The number of ether oxygens (including phenoxy) is 1. The van der Waals surface area contributed by atoms with Gasteiger partial charge in [0.05, 0.1) is 10.7 Å². The number of carbonyl (C=O) groups excluding carboxylic acids is 1. The molecule has 0 aliphatic heterocycles. The molecule has 0 aliphatic carbocycles. The number of carbonyl (C=O) groups is 2. The Morgan fingerprint density at radius 1 is 1.38 bits per heavy atom. The minimum atomic E-state index is -1.87. The third kappa shape index (κ3) is 5.57. The Morgan fingerprint density at radius 3 is 2.43 bits per heavy atom. The van der Waals surface area contributed by atoms with E-state index in [1.807, 2.05) is 0 Å². The summed E-state index contributed by atoms with van der Waals surface area (Å²) in [6, 6.07) is 1.63. The van der Waals surface area contributed by atoms with E-state index in [9.17, 15) is 14.7 Å². The average molecular weight is 317 g/mol. The molecule has 0 spiro atoms. The van der Waals surface area contributed by atoms with Crippen molar-refractivity contribution in [1.82, 2.24) is 10.3 Å². The fourth-order valence-electron chi connectivity index (χ4n) is 1.46. The number of aliphatic carboxylic acids is 1. The van der Waals surface area contributed by atoms with Crippen LogP contribution in [0.25, 0.3) is 0 Å². The molecule has 7 nitrogen and oxygen atoms in total. The second-order valence-corrected chi connectivity index (χ2v) is 5.74. The summed E-state index contributed by atoms with van der Waals surface area (Å²) in [5, 5.41) is 21.3. The first-order chi connectivity index (χ1) is 9.60. The molecule has 3 N–H and O–H groups in total. The molecule has 8 heteroatoms. The van der Waals surface area contributed by atoms with Crippen molar-refractivity contribution in [2.75, 3.05) is 0 Å². The number of carboxylic acids is 1. The maximum absolute atomic E-state index is 11.7. The molecule has 1 rings (SSSR count). The maximum atomic E-state index is 11.7. The van der Waals surface area contributed by atoms with E-state index < -0.39 is 29.8 Å². The predicted molar refractivity (Wildman–Crippen MR) is 75.0 cm³/mol. The van der Waals surface area contributed by atoms with Crippen molar-refractivity contribution in [2.45, 2.75) is 38.5 Å². The van der Waals surface area contributed by atoms with Gasteiger partial charge >= 0.3 is 12.1 Å². The zero-order chi connectivity index (χ0) is 16.2. The number of amides is 1. The number of aromatic nitrogens is 1. The first-order valence-corrected chi connectivity index (χ1v) is 6.50. The summed E-state index contributed by atoms with van der Waals surface area (Å²) >= 11 is 5.70. The number of nitrogens with zero attached hydrogens (tertiary/aromatic N) is 1. The summed E-state index contributed by atoms with van der Waals surface area (Å²) < 4.78 is 5.04. The Balaban J connectivity index is 2.95. The SMILES string of the molecule is CC(C)(C)OC(=O)N[C@@H](c1ccc(Cl)cn1)[C@@H](O)C(=O)O. The monoisotopic (exact) mass is 316 g/mol. The van der Waals surface area contributed by atoms with Crippen LogP contribution in [0.15, 0.2) is 18.3 Å². The summed E-state index contributed by atoms with van der Waals surface area (Å²) in [5.41, 5.74) is -0.601. The minimum Gasteiger partial charge on any atom is -0.479 e. The first kappa shape index (κ1) is 17.2. The maximum Gasteiger partial charge on any atom is 0.408 e. The molecule has 0 saturated carbocycles. The van der Waals surface area contributed by atoms with Crippen molar-refractivity contribution >= 4 is 23.7 Å². The van der Waals surface area contributed by atoms with Crippen LogP contribution in [0.1, 0.15) is 32.5 Å². The largest absolute Gasteiger partial charge is 0.479 e. The van der Waals surface area contributed by atoms with Crippen molar-refractivity contribution in [3.8, 4) is 0 Å². The summed E-state index contributed by atoms with van der Waals surface area (Å²) in [5.74, 6) is -1.49. The highest BCUT2D eigenvalue weighted by atomic mass is 35.5. The van der Waals surface area contributed by atoms with E-state index in [1.54, 1.807) is 20.8 Å². The van der Waals surface area contributed by atoms with Gasteiger partial charge in [-0.3, -0.25) is 4.98 Å². The standard InChI is InChI=1S/C13H17ClN2O5/c1-13(2,3)21-12(20)16-9(10(17)11(18)19)8-5-4-7(14)6-15-8/h4-6,9-10,17H,1-3H3,(H,16,20)(H,18,19)/t9-,10+/m0/s1. The average Bonchev–Trinajstić information content (AvgIpc) is 2.34. The van der Waals surface area contributed by atoms with E-state index in [1.165, 1.54) is 18.3 Å². The topological polar surface area (TPSA) is 109 Å². The number of nitrogens with one attached hydrogen (secondary N) is 1. The molecule has 0 aromatic carbocycles. The summed E-state index contributed by atoms with van der Waals surface area (Å²) in [7, 11) is 0. The number of aliphatic hydroxyl groups is 1. The summed E-state index contributed by atoms with van der Waals surface area (Å²) in [6.45, 7) is 4.99. The van der Waals surface area contributed by atoms with Crippen LogP contribution >= 0.6 is 11.6 Å². The van der Waals surface area contributed by atoms with Crippen LogP contribution in [0.4, 0.5) is 4.79 Å². The fraction of sp³-hybridized carbons (Fsp3) is 0.462.